The van der Waals surface area contributed by atoms with E-state index in [9.17, 15) is 9.59 Å². The average Bonchev–Trinajstić information content (AvgIpc) is 2.38. The fourth-order valence-corrected chi connectivity index (χ4v) is 1.51. The van der Waals surface area contributed by atoms with Crippen molar-refractivity contribution in [2.75, 3.05) is 5.32 Å². The van der Waals surface area contributed by atoms with E-state index in [0.29, 0.717) is 17.7 Å². The van der Waals surface area contributed by atoms with E-state index >= 15 is 0 Å². The number of hydrogen-bond acceptors (Lipinski definition) is 3. The van der Waals surface area contributed by atoms with E-state index < -0.39 is 17.4 Å². The third kappa shape index (κ3) is 3.54. The SMILES string of the molecule is CC[C@@H](N)C(=O)Nc1ccc(C(C)(C)C(=O)O)cc1. The summed E-state index contributed by atoms with van der Waals surface area (Å²) in [6.07, 6.45) is 0.565. The van der Waals surface area contributed by atoms with Gasteiger partial charge in [-0.2, -0.15) is 0 Å². The van der Waals surface area contributed by atoms with Crippen molar-refractivity contribution < 1.29 is 14.7 Å². The van der Waals surface area contributed by atoms with E-state index in [4.69, 9.17) is 10.8 Å². The highest BCUT2D eigenvalue weighted by molar-refractivity contribution is 5.94. The van der Waals surface area contributed by atoms with Crippen LogP contribution in [0.25, 0.3) is 0 Å². The van der Waals surface area contributed by atoms with E-state index in [2.05, 4.69) is 5.32 Å². The van der Waals surface area contributed by atoms with E-state index in [1.165, 1.54) is 0 Å². The van der Waals surface area contributed by atoms with E-state index in [1.807, 2.05) is 6.92 Å². The Morgan fingerprint density at radius 3 is 2.26 bits per heavy atom. The van der Waals surface area contributed by atoms with Gasteiger partial charge >= 0.3 is 5.97 Å². The Bertz CT molecular complexity index is 466. The summed E-state index contributed by atoms with van der Waals surface area (Å²) in [4.78, 5) is 22.7. The number of benzene rings is 1. The van der Waals surface area contributed by atoms with Gasteiger partial charge in [0.15, 0.2) is 0 Å². The zero-order valence-corrected chi connectivity index (χ0v) is 11.4. The number of anilines is 1. The number of rotatable bonds is 5. The second-order valence-electron chi connectivity index (χ2n) is 5.01. The van der Waals surface area contributed by atoms with Crippen LogP contribution in [-0.2, 0) is 15.0 Å². The first kappa shape index (κ1) is 15.2. The number of carboxylic acid groups (broad SMARTS) is 1. The summed E-state index contributed by atoms with van der Waals surface area (Å²) in [6, 6.07) is 6.22. The Labute approximate surface area is 112 Å². The van der Waals surface area contributed by atoms with Gasteiger partial charge in [0.25, 0.3) is 0 Å². The zero-order chi connectivity index (χ0) is 14.6. The normalized spacial score (nSPS) is 12.8. The van der Waals surface area contributed by atoms with Gasteiger partial charge in [-0.3, -0.25) is 9.59 Å². The molecule has 0 bridgehead atoms. The molecule has 0 aliphatic carbocycles. The van der Waals surface area contributed by atoms with Crippen LogP contribution < -0.4 is 11.1 Å². The lowest BCUT2D eigenvalue weighted by molar-refractivity contribution is -0.142. The molecule has 0 aliphatic heterocycles. The fourth-order valence-electron chi connectivity index (χ4n) is 1.51. The summed E-state index contributed by atoms with van der Waals surface area (Å²) in [5.41, 5.74) is 5.95. The summed E-state index contributed by atoms with van der Waals surface area (Å²) in [6.45, 7) is 5.11. The van der Waals surface area contributed by atoms with Crippen molar-refractivity contribution in [1.82, 2.24) is 0 Å². The van der Waals surface area contributed by atoms with Crippen molar-refractivity contribution in [1.29, 1.82) is 0 Å². The van der Waals surface area contributed by atoms with Gasteiger partial charge in [0.1, 0.15) is 0 Å². The molecule has 1 atom stereocenters. The van der Waals surface area contributed by atoms with Crippen LogP contribution in [0.2, 0.25) is 0 Å². The molecule has 0 saturated heterocycles. The molecule has 0 radical (unpaired) electrons. The second-order valence-corrected chi connectivity index (χ2v) is 5.01. The lowest BCUT2D eigenvalue weighted by Crippen LogP contribution is -2.34. The number of carbonyl (C=O) groups is 2. The molecule has 4 N–H and O–H groups in total. The van der Waals surface area contributed by atoms with E-state index in [-0.39, 0.29) is 5.91 Å². The van der Waals surface area contributed by atoms with Crippen LogP contribution in [0.4, 0.5) is 5.69 Å². The lowest BCUT2D eigenvalue weighted by atomic mass is 9.85. The van der Waals surface area contributed by atoms with Crippen LogP contribution in [0.5, 0.6) is 0 Å². The Morgan fingerprint density at radius 1 is 1.32 bits per heavy atom. The number of hydrogen-bond donors (Lipinski definition) is 3. The zero-order valence-electron chi connectivity index (χ0n) is 11.4. The molecule has 0 saturated carbocycles. The Kier molecular flexibility index (Phi) is 4.67. The predicted octanol–water partition coefficient (Wildman–Crippen LogP) is 1.72. The summed E-state index contributed by atoms with van der Waals surface area (Å²) in [5, 5.41) is 11.8. The molecular formula is C14H20N2O3. The standard InChI is InChI=1S/C14H20N2O3/c1-4-11(15)12(17)16-10-7-5-9(6-8-10)14(2,3)13(18)19/h5-8,11H,4,15H2,1-3H3,(H,16,17)(H,18,19)/t11-/m1/s1. The lowest BCUT2D eigenvalue weighted by Gasteiger charge is -2.20. The molecule has 5 heteroatoms. The monoisotopic (exact) mass is 264 g/mol. The summed E-state index contributed by atoms with van der Waals surface area (Å²) < 4.78 is 0. The van der Waals surface area contributed by atoms with Crippen LogP contribution in [0.3, 0.4) is 0 Å². The van der Waals surface area contributed by atoms with Crippen LogP contribution in [0, 0.1) is 0 Å². The highest BCUT2D eigenvalue weighted by Gasteiger charge is 2.29. The molecular weight excluding hydrogens is 244 g/mol. The van der Waals surface area contributed by atoms with Crippen molar-refractivity contribution >= 4 is 17.6 Å². The number of nitrogens with one attached hydrogen (secondary N) is 1. The van der Waals surface area contributed by atoms with Crippen molar-refractivity contribution in [2.45, 2.75) is 38.6 Å². The highest BCUT2D eigenvalue weighted by Crippen LogP contribution is 2.24. The predicted molar refractivity (Wildman–Crippen MR) is 74.0 cm³/mol. The molecule has 104 valence electrons. The minimum Gasteiger partial charge on any atom is -0.481 e. The number of nitrogens with two attached hydrogens (primary N) is 1. The number of amides is 1. The molecule has 19 heavy (non-hydrogen) atoms. The topological polar surface area (TPSA) is 92.4 Å². The molecule has 0 fully saturated rings. The molecule has 0 spiro atoms. The van der Waals surface area contributed by atoms with Gasteiger partial charge < -0.3 is 16.2 Å². The molecule has 0 unspecified atom stereocenters. The van der Waals surface area contributed by atoms with Gasteiger partial charge in [-0.05, 0) is 38.0 Å². The first-order valence-corrected chi connectivity index (χ1v) is 6.19. The van der Waals surface area contributed by atoms with Gasteiger partial charge in [-0.1, -0.05) is 19.1 Å². The summed E-state index contributed by atoms with van der Waals surface area (Å²) in [7, 11) is 0. The van der Waals surface area contributed by atoms with Crippen LogP contribution >= 0.6 is 0 Å². The van der Waals surface area contributed by atoms with Gasteiger partial charge in [-0.25, -0.2) is 0 Å². The van der Waals surface area contributed by atoms with Gasteiger partial charge in [0, 0.05) is 5.69 Å². The molecule has 1 aromatic carbocycles. The Morgan fingerprint density at radius 2 is 1.84 bits per heavy atom. The van der Waals surface area contributed by atoms with E-state index in [1.54, 1.807) is 38.1 Å². The molecule has 5 nitrogen and oxygen atoms in total. The average molecular weight is 264 g/mol. The van der Waals surface area contributed by atoms with Crippen LogP contribution in [0.1, 0.15) is 32.8 Å². The second kappa shape index (κ2) is 5.84. The summed E-state index contributed by atoms with van der Waals surface area (Å²) >= 11 is 0. The van der Waals surface area contributed by atoms with Crippen molar-refractivity contribution in [3.63, 3.8) is 0 Å². The first-order valence-electron chi connectivity index (χ1n) is 6.19. The molecule has 1 aromatic rings. The van der Waals surface area contributed by atoms with Crippen LogP contribution in [-0.4, -0.2) is 23.0 Å². The van der Waals surface area contributed by atoms with Crippen LogP contribution in [0.15, 0.2) is 24.3 Å². The maximum atomic E-state index is 11.6. The van der Waals surface area contributed by atoms with E-state index in [0.717, 1.165) is 0 Å². The number of carbonyl (C=O) groups excluding carboxylic acids is 1. The maximum Gasteiger partial charge on any atom is 0.313 e. The first-order chi connectivity index (χ1) is 8.78. The minimum absolute atomic E-state index is 0.243. The molecule has 0 heterocycles. The molecule has 0 aliphatic rings. The fraction of sp³-hybridized carbons (Fsp3) is 0.429. The van der Waals surface area contributed by atoms with Gasteiger partial charge in [-0.15, -0.1) is 0 Å². The largest absolute Gasteiger partial charge is 0.481 e. The molecule has 1 rings (SSSR count). The third-order valence-electron chi connectivity index (χ3n) is 3.19. The molecule has 0 aromatic heterocycles. The number of aliphatic carboxylic acids is 1. The van der Waals surface area contributed by atoms with Crippen molar-refractivity contribution in [3.05, 3.63) is 29.8 Å². The minimum atomic E-state index is -0.956. The van der Waals surface area contributed by atoms with Gasteiger partial charge in [0.2, 0.25) is 5.91 Å². The third-order valence-corrected chi connectivity index (χ3v) is 3.19. The summed E-state index contributed by atoms with van der Waals surface area (Å²) in [5.74, 6) is -1.13. The maximum absolute atomic E-state index is 11.6. The van der Waals surface area contributed by atoms with Gasteiger partial charge in [0.05, 0.1) is 11.5 Å². The smallest absolute Gasteiger partial charge is 0.313 e. The Balaban J connectivity index is 2.83. The van der Waals surface area contributed by atoms with Crippen molar-refractivity contribution in [2.24, 2.45) is 5.73 Å². The highest BCUT2D eigenvalue weighted by atomic mass is 16.4. The Hall–Kier alpha value is -1.88. The van der Waals surface area contributed by atoms with Crippen molar-refractivity contribution in [3.8, 4) is 0 Å². The number of carboxylic acids is 1. The quantitative estimate of drug-likeness (QED) is 0.755. The molecule has 1 amide bonds.